The van der Waals surface area contributed by atoms with Gasteiger partial charge in [-0.05, 0) is 12.1 Å². The lowest BCUT2D eigenvalue weighted by molar-refractivity contribution is -0.121. The zero-order valence-corrected chi connectivity index (χ0v) is 12.1. The van der Waals surface area contributed by atoms with Crippen LogP contribution in [-0.2, 0) is 4.79 Å². The van der Waals surface area contributed by atoms with Crippen molar-refractivity contribution < 1.29 is 4.79 Å². The van der Waals surface area contributed by atoms with E-state index in [4.69, 9.17) is 5.73 Å². The Balaban J connectivity index is 1.88. The highest BCUT2D eigenvalue weighted by Gasteiger charge is 2.24. The first-order valence-electron chi connectivity index (χ1n) is 7.19. The minimum absolute atomic E-state index is 0.0611. The zero-order valence-electron chi connectivity index (χ0n) is 12.1. The molecule has 0 saturated carbocycles. The molecule has 1 aliphatic heterocycles. The molecule has 3 N–H and O–H groups in total. The Morgan fingerprint density at radius 1 is 1.25 bits per heavy atom. The van der Waals surface area contributed by atoms with Gasteiger partial charge in [0.25, 0.3) is 0 Å². The van der Waals surface area contributed by atoms with Gasteiger partial charge >= 0.3 is 0 Å². The van der Waals surface area contributed by atoms with Gasteiger partial charge in [-0.2, -0.15) is 0 Å². The molecule has 1 aliphatic rings. The van der Waals surface area contributed by atoms with Crippen LogP contribution in [0.1, 0.15) is 6.42 Å². The molecular weight excluding hydrogens is 252 g/mol. The molecule has 1 aromatic rings. The Morgan fingerprint density at radius 2 is 1.90 bits per heavy atom. The van der Waals surface area contributed by atoms with Crippen molar-refractivity contribution in [2.75, 3.05) is 44.7 Å². The maximum atomic E-state index is 11.5. The molecular formula is C15H24N4O. The van der Waals surface area contributed by atoms with Crippen molar-refractivity contribution in [1.29, 1.82) is 0 Å². The Hall–Kier alpha value is -1.59. The van der Waals surface area contributed by atoms with E-state index < -0.39 is 0 Å². The highest BCUT2D eigenvalue weighted by atomic mass is 16.1. The summed E-state index contributed by atoms with van der Waals surface area (Å²) < 4.78 is 0. The number of carbonyl (C=O) groups excluding carboxylic acids is 1. The number of rotatable bonds is 5. The topological polar surface area (TPSA) is 61.6 Å². The minimum Gasteiger partial charge on any atom is -0.369 e. The molecule has 1 amide bonds. The van der Waals surface area contributed by atoms with Gasteiger partial charge in [-0.3, -0.25) is 9.69 Å². The van der Waals surface area contributed by atoms with E-state index in [1.807, 2.05) is 6.07 Å². The van der Waals surface area contributed by atoms with Gasteiger partial charge in [0.1, 0.15) is 0 Å². The molecule has 2 rings (SSSR count). The number of hydrogen-bond donors (Lipinski definition) is 2. The number of anilines is 1. The number of hydrogen-bond acceptors (Lipinski definition) is 4. The smallest absolute Gasteiger partial charge is 0.221 e. The van der Waals surface area contributed by atoms with E-state index in [-0.39, 0.29) is 11.9 Å². The molecule has 5 heteroatoms. The lowest BCUT2D eigenvalue weighted by Crippen LogP contribution is -2.53. The third-order valence-electron chi connectivity index (χ3n) is 3.92. The molecule has 0 aliphatic carbocycles. The first-order chi connectivity index (χ1) is 9.74. The maximum Gasteiger partial charge on any atom is 0.221 e. The van der Waals surface area contributed by atoms with Crippen LogP contribution in [0.4, 0.5) is 5.69 Å². The third kappa shape index (κ3) is 3.71. The van der Waals surface area contributed by atoms with E-state index in [9.17, 15) is 4.79 Å². The van der Waals surface area contributed by atoms with E-state index in [1.165, 1.54) is 5.69 Å². The fourth-order valence-electron chi connectivity index (χ4n) is 2.66. The summed E-state index contributed by atoms with van der Waals surface area (Å²) in [5.74, 6) is 0.0611. The number of carbonyl (C=O) groups is 1. The highest BCUT2D eigenvalue weighted by Crippen LogP contribution is 2.17. The van der Waals surface area contributed by atoms with Crippen LogP contribution >= 0.6 is 0 Å². The summed E-state index contributed by atoms with van der Waals surface area (Å²) in [6.45, 7) is 4.39. The van der Waals surface area contributed by atoms with E-state index in [0.29, 0.717) is 13.0 Å². The number of nitrogens with one attached hydrogen (secondary N) is 1. The molecule has 5 nitrogen and oxygen atoms in total. The number of piperazine rings is 1. The molecule has 0 aromatic heterocycles. The minimum atomic E-state index is 0.0611. The summed E-state index contributed by atoms with van der Waals surface area (Å²) in [7, 11) is 1.67. The largest absolute Gasteiger partial charge is 0.369 e. The number of amides is 1. The van der Waals surface area contributed by atoms with Gasteiger partial charge < -0.3 is 16.0 Å². The molecule has 1 aromatic carbocycles. The second-order valence-corrected chi connectivity index (χ2v) is 5.13. The SMILES string of the molecule is CNC(=O)CC(CN)N1CCN(c2ccccc2)CC1. The Kier molecular flexibility index (Phi) is 5.38. The second kappa shape index (κ2) is 7.26. The van der Waals surface area contributed by atoms with Crippen LogP contribution in [0, 0.1) is 0 Å². The first kappa shape index (κ1) is 14.8. The summed E-state index contributed by atoms with van der Waals surface area (Å²) in [5, 5.41) is 2.67. The molecule has 1 heterocycles. The molecule has 1 unspecified atom stereocenters. The van der Waals surface area contributed by atoms with Crippen molar-refractivity contribution >= 4 is 11.6 Å². The summed E-state index contributed by atoms with van der Waals surface area (Å²) >= 11 is 0. The Bertz CT molecular complexity index is 415. The van der Waals surface area contributed by atoms with Crippen molar-refractivity contribution in [1.82, 2.24) is 10.2 Å². The fraction of sp³-hybridized carbons (Fsp3) is 0.533. The van der Waals surface area contributed by atoms with Crippen LogP contribution in [-0.4, -0.2) is 56.6 Å². The van der Waals surface area contributed by atoms with Crippen LogP contribution in [0.25, 0.3) is 0 Å². The van der Waals surface area contributed by atoms with Gasteiger partial charge in [0.15, 0.2) is 0 Å². The summed E-state index contributed by atoms with van der Waals surface area (Å²) in [6.07, 6.45) is 0.484. The van der Waals surface area contributed by atoms with Crippen LogP contribution < -0.4 is 16.0 Å². The Labute approximate surface area is 120 Å². The van der Waals surface area contributed by atoms with Crippen LogP contribution in [0.5, 0.6) is 0 Å². The zero-order chi connectivity index (χ0) is 14.4. The lowest BCUT2D eigenvalue weighted by Gasteiger charge is -2.39. The number of nitrogens with two attached hydrogens (primary N) is 1. The quantitative estimate of drug-likeness (QED) is 0.810. The van der Waals surface area contributed by atoms with Crippen LogP contribution in [0.2, 0.25) is 0 Å². The molecule has 0 spiro atoms. The summed E-state index contributed by atoms with van der Waals surface area (Å²) in [5.41, 5.74) is 7.08. The first-order valence-corrected chi connectivity index (χ1v) is 7.19. The van der Waals surface area contributed by atoms with Gasteiger partial charge in [-0.1, -0.05) is 18.2 Å². The van der Waals surface area contributed by atoms with Crippen molar-refractivity contribution in [3.05, 3.63) is 30.3 Å². The van der Waals surface area contributed by atoms with Gasteiger partial charge in [-0.25, -0.2) is 0 Å². The van der Waals surface area contributed by atoms with E-state index in [1.54, 1.807) is 7.05 Å². The maximum absolute atomic E-state index is 11.5. The molecule has 1 saturated heterocycles. The van der Waals surface area contributed by atoms with Gasteiger partial charge in [-0.15, -0.1) is 0 Å². The monoisotopic (exact) mass is 276 g/mol. The van der Waals surface area contributed by atoms with Crippen molar-refractivity contribution in [2.45, 2.75) is 12.5 Å². The molecule has 1 fully saturated rings. The number of nitrogens with zero attached hydrogens (tertiary/aromatic N) is 2. The van der Waals surface area contributed by atoms with Gasteiger partial charge in [0.2, 0.25) is 5.91 Å². The number of benzene rings is 1. The van der Waals surface area contributed by atoms with E-state index in [0.717, 1.165) is 26.2 Å². The molecule has 20 heavy (non-hydrogen) atoms. The van der Waals surface area contributed by atoms with Crippen molar-refractivity contribution in [2.24, 2.45) is 5.73 Å². The van der Waals surface area contributed by atoms with Crippen molar-refractivity contribution in [3.8, 4) is 0 Å². The van der Waals surface area contributed by atoms with E-state index >= 15 is 0 Å². The van der Waals surface area contributed by atoms with Crippen molar-refractivity contribution in [3.63, 3.8) is 0 Å². The molecule has 0 radical (unpaired) electrons. The molecule has 110 valence electrons. The predicted molar refractivity (Wildman–Crippen MR) is 81.8 cm³/mol. The number of para-hydroxylation sites is 1. The average Bonchev–Trinajstić information content (AvgIpc) is 2.53. The van der Waals surface area contributed by atoms with E-state index in [2.05, 4.69) is 39.4 Å². The van der Waals surface area contributed by atoms with Gasteiger partial charge in [0, 0.05) is 57.9 Å². The normalized spacial score (nSPS) is 17.8. The predicted octanol–water partition coefficient (Wildman–Crippen LogP) is 0.272. The summed E-state index contributed by atoms with van der Waals surface area (Å²) in [6, 6.07) is 10.6. The average molecular weight is 276 g/mol. The standard InChI is InChI=1S/C15H24N4O/c1-17-15(20)11-14(12-16)19-9-7-18(8-10-19)13-5-3-2-4-6-13/h2-6,14H,7-12,16H2,1H3,(H,17,20). The van der Waals surface area contributed by atoms with Crippen LogP contribution in [0.3, 0.4) is 0 Å². The highest BCUT2D eigenvalue weighted by molar-refractivity contribution is 5.76. The Morgan fingerprint density at radius 3 is 2.45 bits per heavy atom. The molecule has 0 bridgehead atoms. The van der Waals surface area contributed by atoms with Gasteiger partial charge in [0.05, 0.1) is 0 Å². The van der Waals surface area contributed by atoms with Crippen LogP contribution in [0.15, 0.2) is 30.3 Å². The fourth-order valence-corrected chi connectivity index (χ4v) is 2.66. The third-order valence-corrected chi connectivity index (χ3v) is 3.92. The summed E-state index contributed by atoms with van der Waals surface area (Å²) in [4.78, 5) is 16.2. The second-order valence-electron chi connectivity index (χ2n) is 5.13. The molecule has 1 atom stereocenters. The lowest BCUT2D eigenvalue weighted by atomic mass is 10.1.